The van der Waals surface area contributed by atoms with Gasteiger partial charge in [-0.25, -0.2) is 4.68 Å². The van der Waals surface area contributed by atoms with Crippen LogP contribution in [0.2, 0.25) is 0 Å². The maximum atomic E-state index is 12.5. The van der Waals surface area contributed by atoms with Crippen molar-refractivity contribution in [1.29, 1.82) is 0 Å². The van der Waals surface area contributed by atoms with Gasteiger partial charge in [0.05, 0.1) is 18.6 Å². The Hall–Kier alpha value is -1.80. The van der Waals surface area contributed by atoms with E-state index in [0.29, 0.717) is 36.5 Å². The molecule has 2 aromatic rings. The molecule has 2 aromatic heterocycles. The largest absolute Gasteiger partial charge is 0.381 e. The number of thiophene rings is 1. The summed E-state index contributed by atoms with van der Waals surface area (Å²) in [6.45, 7) is 2.55. The molecule has 0 radical (unpaired) electrons. The Morgan fingerprint density at radius 3 is 2.87 bits per heavy atom. The van der Waals surface area contributed by atoms with Crippen LogP contribution >= 0.6 is 11.3 Å². The van der Waals surface area contributed by atoms with Crippen LogP contribution < -0.4 is 5.56 Å². The van der Waals surface area contributed by atoms with E-state index in [-0.39, 0.29) is 23.4 Å². The van der Waals surface area contributed by atoms with Crippen LogP contribution in [0.25, 0.3) is 10.2 Å². The van der Waals surface area contributed by atoms with Crippen molar-refractivity contribution in [3.05, 3.63) is 21.8 Å². The van der Waals surface area contributed by atoms with Gasteiger partial charge in [-0.1, -0.05) is 5.21 Å². The van der Waals surface area contributed by atoms with E-state index in [2.05, 4.69) is 10.3 Å². The molecule has 0 unspecified atom stereocenters. The average Bonchev–Trinajstić information content (AvgIpc) is 3.27. The lowest BCUT2D eigenvalue weighted by Gasteiger charge is -2.33. The molecule has 8 heteroatoms. The molecular weight excluding hydrogens is 316 g/mol. The first-order valence-corrected chi connectivity index (χ1v) is 8.81. The number of carbonyl (C=O) groups is 1. The van der Waals surface area contributed by atoms with Crippen molar-refractivity contribution >= 4 is 27.5 Å². The first-order valence-electron chi connectivity index (χ1n) is 7.93. The molecule has 1 atom stereocenters. The highest BCUT2D eigenvalue weighted by Gasteiger charge is 2.31. The number of rotatable bonds is 2. The summed E-state index contributed by atoms with van der Waals surface area (Å²) < 4.78 is 7.45. The molecule has 23 heavy (non-hydrogen) atoms. The summed E-state index contributed by atoms with van der Waals surface area (Å²) in [4.78, 5) is 26.8. The number of hydrogen-bond donors (Lipinski definition) is 0. The highest BCUT2D eigenvalue weighted by Crippen LogP contribution is 2.24. The Balaban J connectivity index is 1.47. The molecule has 2 fully saturated rings. The Kier molecular flexibility index (Phi) is 3.86. The summed E-state index contributed by atoms with van der Waals surface area (Å²) in [5.41, 5.74) is 0.587. The molecule has 0 bridgehead atoms. The fourth-order valence-corrected chi connectivity index (χ4v) is 4.10. The van der Waals surface area contributed by atoms with E-state index in [9.17, 15) is 9.59 Å². The number of piperidine rings is 1. The third-order valence-electron chi connectivity index (χ3n) is 4.70. The lowest BCUT2D eigenvalue weighted by molar-refractivity contribution is -0.136. The highest BCUT2D eigenvalue weighted by atomic mass is 32.1. The van der Waals surface area contributed by atoms with Crippen molar-refractivity contribution in [2.45, 2.75) is 25.3 Å². The Labute approximate surface area is 136 Å². The van der Waals surface area contributed by atoms with E-state index in [0.717, 1.165) is 19.3 Å². The van der Waals surface area contributed by atoms with Gasteiger partial charge in [0.2, 0.25) is 5.91 Å². The van der Waals surface area contributed by atoms with Gasteiger partial charge in [-0.2, -0.15) is 0 Å². The van der Waals surface area contributed by atoms with Gasteiger partial charge in [-0.3, -0.25) is 9.59 Å². The second-order valence-corrected chi connectivity index (χ2v) is 7.01. The van der Waals surface area contributed by atoms with Crippen molar-refractivity contribution in [1.82, 2.24) is 19.9 Å². The van der Waals surface area contributed by atoms with Crippen molar-refractivity contribution < 1.29 is 9.53 Å². The van der Waals surface area contributed by atoms with E-state index in [1.165, 1.54) is 16.0 Å². The smallest absolute Gasteiger partial charge is 0.287 e. The maximum absolute atomic E-state index is 12.5. The zero-order valence-corrected chi connectivity index (χ0v) is 13.5. The zero-order chi connectivity index (χ0) is 15.8. The quantitative estimate of drug-likeness (QED) is 0.820. The molecule has 4 heterocycles. The van der Waals surface area contributed by atoms with Crippen LogP contribution in [0.3, 0.4) is 0 Å². The van der Waals surface area contributed by atoms with Gasteiger partial charge < -0.3 is 9.64 Å². The predicted octanol–water partition coefficient (Wildman–Crippen LogP) is 1.05. The first-order chi connectivity index (χ1) is 11.2. The second kappa shape index (κ2) is 6.01. The number of ether oxygens (including phenoxy) is 1. The first kappa shape index (κ1) is 14.8. The molecule has 4 rings (SSSR count). The molecule has 0 N–H and O–H groups in total. The predicted molar refractivity (Wildman–Crippen MR) is 85.5 cm³/mol. The minimum atomic E-state index is -0.0704. The summed E-state index contributed by atoms with van der Waals surface area (Å²) >= 11 is 1.40. The number of aromatic nitrogens is 3. The van der Waals surface area contributed by atoms with Crippen LogP contribution in [0.1, 0.15) is 25.3 Å². The number of fused-ring (bicyclic) bond motifs is 1. The molecule has 122 valence electrons. The topological polar surface area (TPSA) is 77.3 Å². The molecule has 2 aliphatic rings. The van der Waals surface area contributed by atoms with Crippen molar-refractivity contribution in [3.63, 3.8) is 0 Å². The van der Waals surface area contributed by atoms with Crippen LogP contribution in [0.15, 0.2) is 16.2 Å². The van der Waals surface area contributed by atoms with Crippen LogP contribution in [0, 0.1) is 5.92 Å². The maximum Gasteiger partial charge on any atom is 0.287 e. The molecule has 1 amide bonds. The third kappa shape index (κ3) is 2.66. The summed E-state index contributed by atoms with van der Waals surface area (Å²) in [7, 11) is 0. The molecule has 2 aliphatic heterocycles. The molecular formula is C15H18N4O3S. The molecule has 7 nitrogen and oxygen atoms in total. The van der Waals surface area contributed by atoms with Crippen LogP contribution in [-0.2, 0) is 9.53 Å². The Bertz CT molecular complexity index is 772. The Morgan fingerprint density at radius 1 is 1.30 bits per heavy atom. The molecule has 0 aliphatic carbocycles. The zero-order valence-electron chi connectivity index (χ0n) is 12.7. The fraction of sp³-hybridized carbons (Fsp3) is 0.600. The van der Waals surface area contributed by atoms with Gasteiger partial charge in [-0.05, 0) is 30.7 Å². The summed E-state index contributed by atoms with van der Waals surface area (Å²) in [5.74, 6) is 0.199. The minimum Gasteiger partial charge on any atom is -0.381 e. The fourth-order valence-electron chi connectivity index (χ4n) is 3.34. The van der Waals surface area contributed by atoms with Gasteiger partial charge in [0.1, 0.15) is 10.2 Å². The molecule has 2 saturated heterocycles. The standard InChI is InChI=1S/C15H18N4O3S/c20-14(10-3-7-22-9-10)18-5-1-11(2-6-18)19-15(21)13-12(16-17-19)4-8-23-13/h4,8,10-11H,1-3,5-7,9H2/t10-/m0/s1. The number of carbonyl (C=O) groups excluding carboxylic acids is 1. The Morgan fingerprint density at radius 2 is 2.13 bits per heavy atom. The third-order valence-corrected chi connectivity index (χ3v) is 5.59. The molecule has 0 aromatic carbocycles. The van der Waals surface area contributed by atoms with Crippen LogP contribution in [0.5, 0.6) is 0 Å². The molecule has 0 spiro atoms. The number of nitrogens with zero attached hydrogens (tertiary/aromatic N) is 4. The average molecular weight is 334 g/mol. The normalized spacial score (nSPS) is 22.8. The van der Waals surface area contributed by atoms with Gasteiger partial charge in [0.15, 0.2) is 0 Å². The van der Waals surface area contributed by atoms with E-state index < -0.39 is 0 Å². The van der Waals surface area contributed by atoms with Gasteiger partial charge in [0, 0.05) is 19.7 Å². The van der Waals surface area contributed by atoms with Crippen LogP contribution in [-0.4, -0.2) is 52.1 Å². The summed E-state index contributed by atoms with van der Waals surface area (Å²) in [5, 5.41) is 10.1. The molecule has 0 saturated carbocycles. The number of hydrogen-bond acceptors (Lipinski definition) is 6. The van der Waals surface area contributed by atoms with E-state index in [1.54, 1.807) is 0 Å². The van der Waals surface area contributed by atoms with Crippen molar-refractivity contribution in [2.75, 3.05) is 26.3 Å². The lowest BCUT2D eigenvalue weighted by Crippen LogP contribution is -2.44. The van der Waals surface area contributed by atoms with Gasteiger partial charge >= 0.3 is 0 Å². The summed E-state index contributed by atoms with van der Waals surface area (Å²) in [6, 6.07) is 1.83. The van der Waals surface area contributed by atoms with E-state index in [1.807, 2.05) is 16.3 Å². The summed E-state index contributed by atoms with van der Waals surface area (Å²) in [6.07, 6.45) is 2.30. The monoisotopic (exact) mass is 334 g/mol. The SMILES string of the molecule is O=C([C@H]1CCOC1)N1CCC(n2nnc3ccsc3c2=O)CC1. The number of likely N-dealkylation sites (tertiary alicyclic amines) is 1. The van der Waals surface area contributed by atoms with Gasteiger partial charge in [-0.15, -0.1) is 16.4 Å². The highest BCUT2D eigenvalue weighted by molar-refractivity contribution is 7.17. The van der Waals surface area contributed by atoms with Crippen LogP contribution in [0.4, 0.5) is 0 Å². The van der Waals surface area contributed by atoms with Crippen molar-refractivity contribution in [2.24, 2.45) is 5.92 Å². The minimum absolute atomic E-state index is 0.0107. The lowest BCUT2D eigenvalue weighted by atomic mass is 10.0. The van der Waals surface area contributed by atoms with E-state index >= 15 is 0 Å². The number of amides is 1. The van der Waals surface area contributed by atoms with Gasteiger partial charge in [0.25, 0.3) is 5.56 Å². The second-order valence-electron chi connectivity index (χ2n) is 6.09. The van der Waals surface area contributed by atoms with E-state index in [4.69, 9.17) is 4.74 Å². The van der Waals surface area contributed by atoms with Crippen molar-refractivity contribution in [3.8, 4) is 0 Å².